The van der Waals surface area contributed by atoms with Crippen molar-refractivity contribution in [2.75, 3.05) is 18.0 Å². The van der Waals surface area contributed by atoms with Gasteiger partial charge in [0.1, 0.15) is 17.2 Å². The second-order valence-electron chi connectivity index (χ2n) is 5.19. The molecule has 0 unspecified atom stereocenters. The summed E-state index contributed by atoms with van der Waals surface area (Å²) < 4.78 is 0. The van der Waals surface area contributed by atoms with E-state index in [2.05, 4.69) is 21.6 Å². The predicted octanol–water partition coefficient (Wildman–Crippen LogP) is 0.680. The minimum absolute atomic E-state index is 0.0670. The summed E-state index contributed by atoms with van der Waals surface area (Å²) in [5, 5.41) is 20.4. The third-order valence-electron chi connectivity index (χ3n) is 3.65. The van der Waals surface area contributed by atoms with E-state index in [0.717, 1.165) is 11.3 Å². The molecule has 19 heavy (non-hydrogen) atoms. The summed E-state index contributed by atoms with van der Waals surface area (Å²) in [4.78, 5) is 13.8. The van der Waals surface area contributed by atoms with Crippen LogP contribution in [0, 0.1) is 25.2 Å². The van der Waals surface area contributed by atoms with Crippen LogP contribution in [0.15, 0.2) is 0 Å². The molecule has 2 heterocycles. The van der Waals surface area contributed by atoms with Crippen LogP contribution in [0.25, 0.3) is 0 Å². The van der Waals surface area contributed by atoms with Crippen molar-refractivity contribution < 1.29 is 4.79 Å². The van der Waals surface area contributed by atoms with Gasteiger partial charge in [0.25, 0.3) is 0 Å². The summed E-state index contributed by atoms with van der Waals surface area (Å²) in [7, 11) is 0. The van der Waals surface area contributed by atoms with Crippen LogP contribution in [0.3, 0.4) is 0 Å². The van der Waals surface area contributed by atoms with Crippen molar-refractivity contribution >= 4 is 11.7 Å². The molecule has 1 fully saturated rings. The molecule has 1 amide bonds. The summed E-state index contributed by atoms with van der Waals surface area (Å²) in [5.41, 5.74) is 1.31. The van der Waals surface area contributed by atoms with Gasteiger partial charge < -0.3 is 10.2 Å². The maximum Gasteiger partial charge on any atom is 0.245 e. The molecule has 1 aromatic rings. The highest BCUT2D eigenvalue weighted by Gasteiger charge is 2.39. The van der Waals surface area contributed by atoms with Crippen LogP contribution in [-0.4, -0.2) is 34.7 Å². The van der Waals surface area contributed by atoms with Gasteiger partial charge in [-0.1, -0.05) is 0 Å². The van der Waals surface area contributed by atoms with E-state index < -0.39 is 5.54 Å². The first-order valence-electron chi connectivity index (χ1n) is 6.19. The van der Waals surface area contributed by atoms with Gasteiger partial charge in [0.05, 0.1) is 5.69 Å². The molecule has 1 N–H and O–H groups in total. The normalized spacial score (nSPS) is 17.8. The van der Waals surface area contributed by atoms with Crippen molar-refractivity contribution in [1.82, 2.24) is 15.5 Å². The number of nitrogens with zero attached hydrogens (tertiary/aromatic N) is 4. The largest absolute Gasteiger partial charge is 0.352 e. The zero-order valence-corrected chi connectivity index (χ0v) is 11.6. The fourth-order valence-electron chi connectivity index (χ4n) is 2.19. The molecular weight excluding hydrogens is 242 g/mol. The molecule has 0 aromatic carbocycles. The Hall–Kier alpha value is -2.16. The summed E-state index contributed by atoms with van der Waals surface area (Å²) in [5.74, 6) is 0.424. The number of carbonyl (C=O) groups excluding carboxylic acids is 1. The molecule has 0 spiro atoms. The van der Waals surface area contributed by atoms with Crippen LogP contribution in [-0.2, 0) is 4.79 Å². The lowest BCUT2D eigenvalue weighted by Crippen LogP contribution is -2.62. The van der Waals surface area contributed by atoms with Gasteiger partial charge in [-0.2, -0.15) is 10.4 Å². The van der Waals surface area contributed by atoms with Crippen molar-refractivity contribution in [2.24, 2.45) is 0 Å². The molecule has 100 valence electrons. The first-order chi connectivity index (χ1) is 8.89. The van der Waals surface area contributed by atoms with Gasteiger partial charge in [-0.3, -0.25) is 4.79 Å². The number of carbonyl (C=O) groups is 1. The number of nitrogens with one attached hydrogen (secondary N) is 1. The van der Waals surface area contributed by atoms with E-state index in [0.29, 0.717) is 24.5 Å². The summed E-state index contributed by atoms with van der Waals surface area (Å²) in [6.45, 7) is 8.47. The van der Waals surface area contributed by atoms with Gasteiger partial charge in [0, 0.05) is 13.1 Å². The molecular formula is C13H17N5O. The zero-order chi connectivity index (χ0) is 14.2. The Morgan fingerprint density at radius 1 is 1.37 bits per heavy atom. The van der Waals surface area contributed by atoms with Crippen molar-refractivity contribution in [3.05, 3.63) is 16.8 Å². The van der Waals surface area contributed by atoms with Gasteiger partial charge in [-0.15, -0.1) is 5.10 Å². The highest BCUT2D eigenvalue weighted by atomic mass is 16.2. The molecule has 0 saturated carbocycles. The lowest BCUT2D eigenvalue weighted by atomic mass is 9.97. The lowest BCUT2D eigenvalue weighted by Gasteiger charge is -2.42. The second-order valence-corrected chi connectivity index (χ2v) is 5.19. The maximum absolute atomic E-state index is 12.0. The number of hydrogen-bond acceptors (Lipinski definition) is 5. The van der Waals surface area contributed by atoms with Crippen molar-refractivity contribution in [1.29, 1.82) is 5.26 Å². The Labute approximate surface area is 112 Å². The Balaban J connectivity index is 2.56. The van der Waals surface area contributed by atoms with Crippen LogP contribution < -0.4 is 10.2 Å². The quantitative estimate of drug-likeness (QED) is 0.802. The molecule has 1 aliphatic rings. The SMILES string of the molecule is Cc1nnc(N2CCNC(=O)C2(C)C)c(C#N)c1C. The van der Waals surface area contributed by atoms with Crippen LogP contribution >= 0.6 is 0 Å². The summed E-state index contributed by atoms with van der Waals surface area (Å²) in [6.07, 6.45) is 0. The third kappa shape index (κ3) is 2.01. The molecule has 0 aliphatic carbocycles. The number of hydrogen-bond donors (Lipinski definition) is 1. The van der Waals surface area contributed by atoms with E-state index in [1.54, 1.807) is 0 Å². The Bertz CT molecular complexity index is 573. The first-order valence-corrected chi connectivity index (χ1v) is 6.19. The molecule has 1 aromatic heterocycles. The summed E-state index contributed by atoms with van der Waals surface area (Å²) in [6, 6.07) is 2.18. The van der Waals surface area contributed by atoms with Gasteiger partial charge in [0.15, 0.2) is 5.82 Å². The molecule has 0 atom stereocenters. The topological polar surface area (TPSA) is 81.9 Å². The van der Waals surface area contributed by atoms with Crippen molar-refractivity contribution in [3.63, 3.8) is 0 Å². The second kappa shape index (κ2) is 4.50. The number of nitriles is 1. The Morgan fingerprint density at radius 2 is 2.05 bits per heavy atom. The standard InChI is InChI=1S/C13H17N5O/c1-8-9(2)16-17-11(10(8)7-14)18-6-5-15-12(19)13(18,3)4/h5-6H2,1-4H3,(H,15,19). The van der Waals surface area contributed by atoms with Crippen LogP contribution in [0.2, 0.25) is 0 Å². The highest BCUT2D eigenvalue weighted by molar-refractivity contribution is 5.90. The number of anilines is 1. The van der Waals surface area contributed by atoms with Crippen LogP contribution in [0.1, 0.15) is 30.7 Å². The van der Waals surface area contributed by atoms with Gasteiger partial charge >= 0.3 is 0 Å². The predicted molar refractivity (Wildman–Crippen MR) is 70.7 cm³/mol. The van der Waals surface area contributed by atoms with Gasteiger partial charge in [0.2, 0.25) is 5.91 Å². The molecule has 6 heteroatoms. The molecule has 1 saturated heterocycles. The number of aromatic nitrogens is 2. The van der Waals surface area contributed by atoms with E-state index in [1.807, 2.05) is 32.6 Å². The molecule has 1 aliphatic heterocycles. The third-order valence-corrected chi connectivity index (χ3v) is 3.65. The number of aryl methyl sites for hydroxylation is 1. The van der Waals surface area contributed by atoms with Gasteiger partial charge in [-0.25, -0.2) is 0 Å². The zero-order valence-electron chi connectivity index (χ0n) is 11.6. The average Bonchev–Trinajstić information content (AvgIpc) is 2.36. The smallest absolute Gasteiger partial charge is 0.245 e. The molecule has 2 rings (SSSR count). The minimum Gasteiger partial charge on any atom is -0.352 e. The molecule has 6 nitrogen and oxygen atoms in total. The fraction of sp³-hybridized carbons (Fsp3) is 0.538. The highest BCUT2D eigenvalue weighted by Crippen LogP contribution is 2.28. The van der Waals surface area contributed by atoms with Crippen molar-refractivity contribution in [2.45, 2.75) is 33.2 Å². The summed E-state index contributed by atoms with van der Waals surface area (Å²) >= 11 is 0. The van der Waals surface area contributed by atoms with Crippen LogP contribution in [0.5, 0.6) is 0 Å². The van der Waals surface area contributed by atoms with Crippen molar-refractivity contribution in [3.8, 4) is 6.07 Å². The van der Waals surface area contributed by atoms with E-state index >= 15 is 0 Å². The number of rotatable bonds is 1. The Morgan fingerprint density at radius 3 is 2.68 bits per heavy atom. The fourth-order valence-corrected chi connectivity index (χ4v) is 2.19. The minimum atomic E-state index is -0.736. The van der Waals surface area contributed by atoms with E-state index in [-0.39, 0.29) is 5.91 Å². The monoisotopic (exact) mass is 259 g/mol. The van der Waals surface area contributed by atoms with E-state index in [1.165, 1.54) is 0 Å². The van der Waals surface area contributed by atoms with Gasteiger partial charge in [-0.05, 0) is 33.3 Å². The average molecular weight is 259 g/mol. The number of amides is 1. The van der Waals surface area contributed by atoms with E-state index in [4.69, 9.17) is 0 Å². The van der Waals surface area contributed by atoms with E-state index in [9.17, 15) is 10.1 Å². The first kappa shape index (κ1) is 13.3. The molecule has 0 bridgehead atoms. The molecule has 0 radical (unpaired) electrons. The lowest BCUT2D eigenvalue weighted by molar-refractivity contribution is -0.126. The number of piperazine rings is 1. The maximum atomic E-state index is 12.0. The Kier molecular flexibility index (Phi) is 3.14. The van der Waals surface area contributed by atoms with Crippen LogP contribution in [0.4, 0.5) is 5.82 Å².